The Balaban J connectivity index is 2.17. The van der Waals surface area contributed by atoms with Crippen LogP contribution < -0.4 is 14.2 Å². The van der Waals surface area contributed by atoms with Crippen LogP contribution in [0, 0.1) is 6.92 Å². The van der Waals surface area contributed by atoms with Crippen molar-refractivity contribution in [3.63, 3.8) is 0 Å². The smallest absolute Gasteiger partial charge is 0.160 e. The Kier molecular flexibility index (Phi) is 4.85. The number of ether oxygens (including phenoxy) is 3. The lowest BCUT2D eigenvalue weighted by Gasteiger charge is -2.13. The zero-order chi connectivity index (χ0) is 23.4. The summed E-state index contributed by atoms with van der Waals surface area (Å²) in [5.41, 5.74) is 0.908. The molecule has 1 atom stereocenters. The first-order chi connectivity index (χ1) is 14.3. The Morgan fingerprint density at radius 3 is 2.60 bits per heavy atom. The van der Waals surface area contributed by atoms with Crippen LogP contribution in [0.2, 0.25) is 0 Å². The first kappa shape index (κ1) is 12.2. The predicted molar refractivity (Wildman–Crippen MR) is 99.8 cm³/mol. The molecule has 0 radical (unpaired) electrons. The molecule has 0 aromatic heterocycles. The van der Waals surface area contributed by atoms with E-state index in [9.17, 15) is 5.11 Å². The molecule has 0 aliphatic rings. The SMILES string of the molecule is [2H]C([2H])(CC([2H])([2H])C([2H])([2H])c1ccc(OC)c(OC)c1)C(O)COc1cccc(C)c1. The minimum absolute atomic E-state index is 0.0311. The Morgan fingerprint density at radius 2 is 1.88 bits per heavy atom. The van der Waals surface area contributed by atoms with Crippen LogP contribution >= 0.6 is 0 Å². The van der Waals surface area contributed by atoms with E-state index < -0.39 is 38.3 Å². The summed E-state index contributed by atoms with van der Waals surface area (Å²) in [6, 6.07) is 11.2. The van der Waals surface area contributed by atoms with E-state index in [0.29, 0.717) is 11.5 Å². The minimum Gasteiger partial charge on any atom is -0.493 e. The molecule has 2 aromatic rings. The van der Waals surface area contributed by atoms with Gasteiger partial charge < -0.3 is 19.3 Å². The quantitative estimate of drug-likeness (QED) is 0.699. The molecule has 2 rings (SSSR count). The van der Waals surface area contributed by atoms with Gasteiger partial charge >= 0.3 is 0 Å². The van der Waals surface area contributed by atoms with Gasteiger partial charge in [0, 0.05) is 8.22 Å². The maximum atomic E-state index is 10.3. The van der Waals surface area contributed by atoms with E-state index in [1.807, 2.05) is 13.0 Å². The molecule has 4 heteroatoms. The van der Waals surface area contributed by atoms with Crippen molar-refractivity contribution in [2.24, 2.45) is 0 Å². The summed E-state index contributed by atoms with van der Waals surface area (Å²) in [6.45, 7) is 1.47. The predicted octanol–water partition coefficient (Wildman–Crippen LogP) is 4.16. The fourth-order valence-corrected chi connectivity index (χ4v) is 2.17. The molecule has 1 unspecified atom stereocenters. The van der Waals surface area contributed by atoms with Gasteiger partial charge in [-0.15, -0.1) is 0 Å². The van der Waals surface area contributed by atoms with E-state index in [1.165, 1.54) is 32.4 Å². The standard InChI is InChI=1S/C21H28O4/c1-16-7-6-10-19(13-16)25-15-18(22)9-5-4-8-17-11-12-20(23-2)21(14-17)24-3/h6-7,10-14,18,22H,4-5,8-9,15H2,1-3H3/i4D2,8D2,9D2. The number of benzene rings is 2. The zero-order valence-corrected chi connectivity index (χ0v) is 14.7. The van der Waals surface area contributed by atoms with Gasteiger partial charge in [0.05, 0.1) is 20.3 Å². The van der Waals surface area contributed by atoms with Gasteiger partial charge in [-0.1, -0.05) is 24.6 Å². The first-order valence-electron chi connectivity index (χ1n) is 10.9. The Hall–Kier alpha value is -2.20. The fourth-order valence-electron chi connectivity index (χ4n) is 2.17. The summed E-state index contributed by atoms with van der Waals surface area (Å²) >= 11 is 0. The highest BCUT2D eigenvalue weighted by atomic mass is 16.5. The maximum absolute atomic E-state index is 10.3. The Labute approximate surface area is 158 Å². The van der Waals surface area contributed by atoms with Crippen molar-refractivity contribution < 1.29 is 27.5 Å². The summed E-state index contributed by atoms with van der Waals surface area (Å²) in [5.74, 6) is 1.05. The van der Waals surface area contributed by atoms with Crippen molar-refractivity contribution in [1.29, 1.82) is 0 Å². The molecule has 0 amide bonds. The number of rotatable bonds is 10. The van der Waals surface area contributed by atoms with Crippen LogP contribution in [0.3, 0.4) is 0 Å². The lowest BCUT2D eigenvalue weighted by atomic mass is 10.0. The van der Waals surface area contributed by atoms with Crippen molar-refractivity contribution in [1.82, 2.24) is 0 Å². The molecule has 0 spiro atoms. The topological polar surface area (TPSA) is 47.9 Å². The highest BCUT2D eigenvalue weighted by molar-refractivity contribution is 5.42. The Bertz CT molecular complexity index is 888. The van der Waals surface area contributed by atoms with Crippen LogP contribution in [0.1, 0.15) is 38.5 Å². The van der Waals surface area contributed by atoms with Gasteiger partial charge in [0.25, 0.3) is 0 Å². The van der Waals surface area contributed by atoms with E-state index in [-0.39, 0.29) is 11.3 Å². The molecular weight excluding hydrogens is 316 g/mol. The molecule has 0 saturated heterocycles. The van der Waals surface area contributed by atoms with Crippen LogP contribution in [-0.2, 0) is 6.37 Å². The van der Waals surface area contributed by atoms with E-state index in [1.54, 1.807) is 18.2 Å². The first-order valence-corrected chi connectivity index (χ1v) is 7.94. The summed E-state index contributed by atoms with van der Waals surface area (Å²) in [4.78, 5) is 0. The third kappa shape index (κ3) is 6.31. The molecule has 0 fully saturated rings. The summed E-state index contributed by atoms with van der Waals surface area (Å²) < 4.78 is 65.4. The average Bonchev–Trinajstić information content (AvgIpc) is 2.70. The number of hydrogen-bond donors (Lipinski definition) is 1. The van der Waals surface area contributed by atoms with Gasteiger partial charge in [-0.25, -0.2) is 0 Å². The van der Waals surface area contributed by atoms with E-state index in [2.05, 4.69) is 0 Å². The molecular formula is C21H28O4. The van der Waals surface area contributed by atoms with Crippen molar-refractivity contribution >= 4 is 0 Å². The number of aryl methyl sites for hydroxylation is 2. The molecule has 0 aliphatic heterocycles. The van der Waals surface area contributed by atoms with E-state index in [4.69, 9.17) is 22.4 Å². The largest absolute Gasteiger partial charge is 0.493 e. The van der Waals surface area contributed by atoms with Gasteiger partial charge in [0.2, 0.25) is 0 Å². The minimum atomic E-state index is -2.65. The fraction of sp³-hybridized carbons (Fsp3) is 0.429. The van der Waals surface area contributed by atoms with Crippen molar-refractivity contribution in [2.45, 2.75) is 38.6 Å². The van der Waals surface area contributed by atoms with E-state index in [0.717, 1.165) is 5.56 Å². The summed E-state index contributed by atoms with van der Waals surface area (Å²) in [6.07, 6.45) is -10.2. The van der Waals surface area contributed by atoms with Crippen LogP contribution in [0.4, 0.5) is 0 Å². The van der Waals surface area contributed by atoms with Crippen LogP contribution in [-0.4, -0.2) is 32.0 Å². The molecule has 0 bridgehead atoms. The molecule has 0 heterocycles. The van der Waals surface area contributed by atoms with Gasteiger partial charge in [-0.3, -0.25) is 0 Å². The maximum Gasteiger partial charge on any atom is 0.160 e. The molecule has 136 valence electrons. The van der Waals surface area contributed by atoms with Crippen molar-refractivity contribution in [3.8, 4) is 17.2 Å². The monoisotopic (exact) mass is 350 g/mol. The van der Waals surface area contributed by atoms with E-state index >= 15 is 0 Å². The highest BCUT2D eigenvalue weighted by Gasteiger charge is 2.07. The average molecular weight is 350 g/mol. The lowest BCUT2D eigenvalue weighted by Crippen LogP contribution is -2.17. The lowest BCUT2D eigenvalue weighted by molar-refractivity contribution is 0.0976. The normalized spacial score (nSPS) is 17.1. The molecule has 4 nitrogen and oxygen atoms in total. The number of hydrogen-bond acceptors (Lipinski definition) is 4. The highest BCUT2D eigenvalue weighted by Crippen LogP contribution is 2.28. The third-order valence-corrected chi connectivity index (χ3v) is 3.44. The zero-order valence-electron chi connectivity index (χ0n) is 20.7. The van der Waals surface area contributed by atoms with Gasteiger partial charge in [0.1, 0.15) is 12.4 Å². The van der Waals surface area contributed by atoms with Crippen LogP contribution in [0.25, 0.3) is 0 Å². The van der Waals surface area contributed by atoms with Crippen molar-refractivity contribution in [3.05, 3.63) is 53.6 Å². The third-order valence-electron chi connectivity index (χ3n) is 3.44. The molecule has 1 N–H and O–H groups in total. The second kappa shape index (κ2) is 9.94. The molecule has 0 saturated carbocycles. The molecule has 0 aliphatic carbocycles. The second-order valence-electron chi connectivity index (χ2n) is 5.40. The molecule has 2 aromatic carbocycles. The molecule has 25 heavy (non-hydrogen) atoms. The van der Waals surface area contributed by atoms with Crippen LogP contribution in [0.5, 0.6) is 17.2 Å². The van der Waals surface area contributed by atoms with Gasteiger partial charge in [-0.05, 0) is 61.4 Å². The van der Waals surface area contributed by atoms with Crippen LogP contribution in [0.15, 0.2) is 42.5 Å². The number of methoxy groups -OCH3 is 2. The van der Waals surface area contributed by atoms with Gasteiger partial charge in [-0.2, -0.15) is 0 Å². The van der Waals surface area contributed by atoms with Crippen molar-refractivity contribution in [2.75, 3.05) is 20.8 Å². The summed E-state index contributed by atoms with van der Waals surface area (Å²) in [5, 5.41) is 10.3. The Morgan fingerprint density at radius 1 is 1.08 bits per heavy atom. The number of aliphatic hydroxyl groups excluding tert-OH is 1. The second-order valence-corrected chi connectivity index (χ2v) is 5.40. The summed E-state index contributed by atoms with van der Waals surface area (Å²) in [7, 11) is 2.81. The number of aliphatic hydroxyl groups is 1. The van der Waals surface area contributed by atoms with Gasteiger partial charge in [0.15, 0.2) is 11.5 Å².